The van der Waals surface area contributed by atoms with E-state index in [1.807, 2.05) is 6.92 Å². The van der Waals surface area contributed by atoms with Crippen molar-refractivity contribution in [2.24, 2.45) is 22.4 Å². The van der Waals surface area contributed by atoms with Gasteiger partial charge in [0.1, 0.15) is 0 Å². The molecule has 0 aliphatic heterocycles. The Morgan fingerprint density at radius 1 is 1.19 bits per heavy atom. The molecule has 0 aromatic heterocycles. The molecule has 1 aromatic carbocycles. The molecule has 1 aromatic rings. The number of aryl methyl sites for hydroxylation is 1. The monoisotopic (exact) mass is 306 g/mol. The largest absolute Gasteiger partial charge is 0.276 e. The lowest BCUT2D eigenvalue weighted by Gasteiger charge is -2.12. The van der Waals surface area contributed by atoms with Crippen LogP contribution in [0.3, 0.4) is 0 Å². The van der Waals surface area contributed by atoms with Crippen molar-refractivity contribution in [1.82, 2.24) is 4.83 Å². The van der Waals surface area contributed by atoms with Crippen molar-refractivity contribution in [3.05, 3.63) is 29.8 Å². The van der Waals surface area contributed by atoms with Crippen LogP contribution in [0.2, 0.25) is 0 Å². The Kier molecular flexibility index (Phi) is 3.35. The standard InChI is InChI=1S/C16H22N2O2S/c1-11-4-7-13(8-5-11)21(19,20)18-17-12-6-9-14-15(10-12)16(14,2)3/h4-5,7-8,14-15,18H,6,9-10H2,1-3H3/b17-12+. The highest BCUT2D eigenvalue weighted by Gasteiger charge is 2.58. The summed E-state index contributed by atoms with van der Waals surface area (Å²) in [5.74, 6) is 1.47. The molecule has 21 heavy (non-hydrogen) atoms. The first-order valence-corrected chi connectivity index (χ1v) is 8.93. The van der Waals surface area contributed by atoms with Crippen LogP contribution in [0.1, 0.15) is 38.7 Å². The molecule has 3 rings (SSSR count). The van der Waals surface area contributed by atoms with Gasteiger partial charge in [-0.15, -0.1) is 0 Å². The van der Waals surface area contributed by atoms with Crippen LogP contribution in [0.5, 0.6) is 0 Å². The Hall–Kier alpha value is -1.36. The molecule has 0 amide bonds. The number of benzene rings is 1. The predicted octanol–water partition coefficient (Wildman–Crippen LogP) is 3.09. The maximum Gasteiger partial charge on any atom is 0.276 e. The second kappa shape index (κ2) is 4.83. The Labute approximate surface area is 126 Å². The molecule has 0 heterocycles. The summed E-state index contributed by atoms with van der Waals surface area (Å²) in [5.41, 5.74) is 2.43. The summed E-state index contributed by atoms with van der Waals surface area (Å²) in [4.78, 5) is 2.65. The summed E-state index contributed by atoms with van der Waals surface area (Å²) in [7, 11) is -3.55. The van der Waals surface area contributed by atoms with E-state index >= 15 is 0 Å². The van der Waals surface area contributed by atoms with E-state index < -0.39 is 10.0 Å². The molecule has 1 N–H and O–H groups in total. The molecular formula is C16H22N2O2S. The van der Waals surface area contributed by atoms with E-state index in [0.717, 1.165) is 36.5 Å². The molecule has 114 valence electrons. The van der Waals surface area contributed by atoms with Gasteiger partial charge >= 0.3 is 0 Å². The molecule has 4 nitrogen and oxygen atoms in total. The van der Waals surface area contributed by atoms with Gasteiger partial charge in [-0.3, -0.25) is 0 Å². The lowest BCUT2D eigenvalue weighted by Crippen LogP contribution is -2.21. The molecular weight excluding hydrogens is 284 g/mol. The molecule has 2 aliphatic rings. The number of hydrogen-bond acceptors (Lipinski definition) is 3. The highest BCUT2D eigenvalue weighted by molar-refractivity contribution is 7.89. The molecule has 5 heteroatoms. The molecule has 0 saturated heterocycles. The summed E-state index contributed by atoms with van der Waals surface area (Å²) in [6.07, 6.45) is 2.96. The minimum Gasteiger partial charge on any atom is -0.200 e. The molecule has 2 aliphatic carbocycles. The van der Waals surface area contributed by atoms with Gasteiger partial charge in [-0.25, -0.2) is 4.83 Å². The fraction of sp³-hybridized carbons (Fsp3) is 0.562. The van der Waals surface area contributed by atoms with Crippen LogP contribution >= 0.6 is 0 Å². The number of nitrogens with zero attached hydrogens (tertiary/aromatic N) is 1. The van der Waals surface area contributed by atoms with Crippen molar-refractivity contribution in [1.29, 1.82) is 0 Å². The van der Waals surface area contributed by atoms with E-state index in [1.54, 1.807) is 24.3 Å². The number of hydrazone groups is 1. The Balaban J connectivity index is 1.69. The second-order valence-corrected chi connectivity index (χ2v) is 8.52. The van der Waals surface area contributed by atoms with E-state index in [2.05, 4.69) is 23.8 Å². The van der Waals surface area contributed by atoms with Gasteiger partial charge in [0.15, 0.2) is 0 Å². The third-order valence-electron chi connectivity index (χ3n) is 5.14. The van der Waals surface area contributed by atoms with Crippen molar-refractivity contribution < 1.29 is 8.42 Å². The fourth-order valence-electron chi connectivity index (χ4n) is 3.51. The topological polar surface area (TPSA) is 58.5 Å². The molecule has 2 unspecified atom stereocenters. The molecule has 0 bridgehead atoms. The number of rotatable bonds is 3. The van der Waals surface area contributed by atoms with E-state index in [9.17, 15) is 8.42 Å². The van der Waals surface area contributed by atoms with Crippen molar-refractivity contribution in [3.8, 4) is 0 Å². The van der Waals surface area contributed by atoms with Gasteiger partial charge in [0.05, 0.1) is 4.90 Å². The lowest BCUT2D eigenvalue weighted by molar-refractivity contribution is 0.537. The highest BCUT2D eigenvalue weighted by atomic mass is 32.2. The lowest BCUT2D eigenvalue weighted by atomic mass is 9.99. The average molecular weight is 306 g/mol. The minimum absolute atomic E-state index is 0.262. The van der Waals surface area contributed by atoms with Crippen LogP contribution in [0, 0.1) is 24.2 Å². The summed E-state index contributed by atoms with van der Waals surface area (Å²) < 4.78 is 24.4. The van der Waals surface area contributed by atoms with Crippen LogP contribution in [0.25, 0.3) is 0 Å². The Morgan fingerprint density at radius 3 is 2.48 bits per heavy atom. The van der Waals surface area contributed by atoms with Crippen molar-refractivity contribution in [2.45, 2.75) is 44.9 Å². The maximum atomic E-state index is 12.2. The first-order chi connectivity index (χ1) is 9.80. The normalized spacial score (nSPS) is 29.0. The first-order valence-electron chi connectivity index (χ1n) is 7.44. The van der Waals surface area contributed by atoms with E-state index in [0.29, 0.717) is 11.3 Å². The van der Waals surface area contributed by atoms with Gasteiger partial charge in [-0.05, 0) is 55.6 Å². The molecule has 0 radical (unpaired) electrons. The SMILES string of the molecule is Cc1ccc(S(=O)(=O)N/N=C2\CCC3C(C2)C3(C)C)cc1. The summed E-state index contributed by atoms with van der Waals surface area (Å²) in [6.45, 7) is 6.52. The smallest absolute Gasteiger partial charge is 0.200 e. The summed E-state index contributed by atoms with van der Waals surface area (Å²) in [6, 6.07) is 6.80. The van der Waals surface area contributed by atoms with Crippen LogP contribution in [-0.2, 0) is 10.0 Å². The third kappa shape index (κ3) is 2.71. The summed E-state index contributed by atoms with van der Waals surface area (Å²) in [5, 5.41) is 4.18. The van der Waals surface area contributed by atoms with Gasteiger partial charge in [-0.1, -0.05) is 31.5 Å². The first kappa shape index (κ1) is 14.6. The number of fused-ring (bicyclic) bond motifs is 1. The quantitative estimate of drug-likeness (QED) is 0.872. The van der Waals surface area contributed by atoms with Crippen LogP contribution in [0.4, 0.5) is 0 Å². The van der Waals surface area contributed by atoms with Crippen molar-refractivity contribution in [3.63, 3.8) is 0 Å². The molecule has 0 spiro atoms. The van der Waals surface area contributed by atoms with Crippen LogP contribution in [0.15, 0.2) is 34.3 Å². The number of nitrogens with one attached hydrogen (secondary N) is 1. The highest BCUT2D eigenvalue weighted by Crippen LogP contribution is 2.64. The third-order valence-corrected chi connectivity index (χ3v) is 6.37. The summed E-state index contributed by atoms with van der Waals surface area (Å²) >= 11 is 0. The fourth-order valence-corrected chi connectivity index (χ4v) is 4.36. The average Bonchev–Trinajstić information content (AvgIpc) is 2.99. The van der Waals surface area contributed by atoms with Gasteiger partial charge in [0, 0.05) is 5.71 Å². The Bertz CT molecular complexity index is 675. The van der Waals surface area contributed by atoms with Crippen molar-refractivity contribution >= 4 is 15.7 Å². The zero-order valence-corrected chi connectivity index (χ0v) is 13.6. The van der Waals surface area contributed by atoms with E-state index in [1.165, 1.54) is 0 Å². The molecule has 2 atom stereocenters. The van der Waals surface area contributed by atoms with E-state index in [4.69, 9.17) is 0 Å². The minimum atomic E-state index is -3.55. The van der Waals surface area contributed by atoms with Crippen molar-refractivity contribution in [2.75, 3.05) is 0 Å². The van der Waals surface area contributed by atoms with Crippen LogP contribution in [-0.4, -0.2) is 14.1 Å². The predicted molar refractivity (Wildman–Crippen MR) is 83.5 cm³/mol. The van der Waals surface area contributed by atoms with Gasteiger partial charge in [0.2, 0.25) is 0 Å². The molecule has 2 saturated carbocycles. The Morgan fingerprint density at radius 2 is 1.86 bits per heavy atom. The van der Waals surface area contributed by atoms with E-state index in [-0.39, 0.29) is 4.90 Å². The van der Waals surface area contributed by atoms with Crippen LogP contribution < -0.4 is 4.83 Å². The van der Waals surface area contributed by atoms with Gasteiger partial charge in [-0.2, -0.15) is 13.5 Å². The number of sulfonamides is 1. The number of hydrogen-bond donors (Lipinski definition) is 1. The van der Waals surface area contributed by atoms with Gasteiger partial charge in [0.25, 0.3) is 10.0 Å². The molecule has 2 fully saturated rings. The zero-order valence-electron chi connectivity index (χ0n) is 12.8. The maximum absolute atomic E-state index is 12.2. The zero-order chi connectivity index (χ0) is 15.3. The second-order valence-electron chi connectivity index (χ2n) is 6.86. The van der Waals surface area contributed by atoms with Gasteiger partial charge < -0.3 is 0 Å².